The molecule has 2 aliphatic carbocycles. The van der Waals surface area contributed by atoms with Crippen LogP contribution in [0.15, 0.2) is 87.5 Å². The van der Waals surface area contributed by atoms with Gasteiger partial charge in [0, 0.05) is 24.0 Å². The summed E-state index contributed by atoms with van der Waals surface area (Å²) < 4.78 is 50.6. The zero-order valence-electron chi connectivity index (χ0n) is 25.6. The quantitative estimate of drug-likeness (QED) is 0.168. The summed E-state index contributed by atoms with van der Waals surface area (Å²) in [5.41, 5.74) is -1.22. The number of ether oxygens (including phenoxy) is 3. The zero-order valence-corrected chi connectivity index (χ0v) is 27.3. The van der Waals surface area contributed by atoms with Gasteiger partial charge in [0.1, 0.15) is 22.4 Å². The molecule has 0 aliphatic heterocycles. The third kappa shape index (κ3) is 7.05. The fourth-order valence-corrected chi connectivity index (χ4v) is 9.95. The Kier molecular flexibility index (Phi) is 10.5. The Morgan fingerprint density at radius 3 is 1.70 bits per heavy atom. The van der Waals surface area contributed by atoms with Crippen molar-refractivity contribution in [3.05, 3.63) is 72.8 Å². The van der Waals surface area contributed by atoms with E-state index < -0.39 is 21.3 Å². The minimum absolute atomic E-state index is 0.0248. The summed E-state index contributed by atoms with van der Waals surface area (Å²) in [7, 11) is -4.68. The van der Waals surface area contributed by atoms with Gasteiger partial charge in [-0.25, -0.2) is 8.42 Å². The van der Waals surface area contributed by atoms with Gasteiger partial charge in [-0.1, -0.05) is 50.2 Å². The van der Waals surface area contributed by atoms with Gasteiger partial charge in [-0.15, -0.1) is 0 Å². The van der Waals surface area contributed by atoms with Gasteiger partial charge in [-0.2, -0.15) is 0 Å². The molecule has 2 bridgehead atoms. The van der Waals surface area contributed by atoms with Crippen molar-refractivity contribution in [3.8, 4) is 17.2 Å². The third-order valence-electron chi connectivity index (χ3n) is 8.63. The van der Waals surface area contributed by atoms with Crippen molar-refractivity contribution < 1.29 is 32.0 Å². The molecule has 0 N–H and O–H groups in total. The zero-order chi connectivity index (χ0) is 31.3. The summed E-state index contributed by atoms with van der Waals surface area (Å²) in [6.45, 7) is 11.6. The molecule has 0 saturated heterocycles. The smallest absolute Gasteiger partial charge is 0.250 e. The normalized spacial score (nSPS) is 20.4. The number of hydrogen-bond acceptors (Lipinski definition) is 7. The van der Waals surface area contributed by atoms with Crippen molar-refractivity contribution in [3.63, 3.8) is 0 Å². The van der Waals surface area contributed by atoms with Crippen LogP contribution in [0.2, 0.25) is 0 Å². The van der Waals surface area contributed by atoms with Crippen LogP contribution in [0.3, 0.4) is 0 Å². The van der Waals surface area contributed by atoms with Crippen LogP contribution in [-0.2, 0) is 25.8 Å². The summed E-state index contributed by atoms with van der Waals surface area (Å²) in [5.74, 6) is 2.11. The number of carbonyl (C=O) groups is 1. The van der Waals surface area contributed by atoms with Gasteiger partial charge in [0.2, 0.25) is 4.90 Å². The van der Waals surface area contributed by atoms with Crippen LogP contribution >= 0.6 is 0 Å². The van der Waals surface area contributed by atoms with Gasteiger partial charge < -0.3 is 18.8 Å². The van der Waals surface area contributed by atoms with Crippen LogP contribution < -0.4 is 14.2 Å². The van der Waals surface area contributed by atoms with Crippen molar-refractivity contribution in [2.45, 2.75) is 68.6 Å². The lowest BCUT2D eigenvalue weighted by atomic mass is 9.70. The van der Waals surface area contributed by atoms with Gasteiger partial charge in [-0.3, -0.25) is 4.79 Å². The number of hydrogen-bond donors (Lipinski definition) is 0. The molecule has 7 nitrogen and oxygen atoms in total. The van der Waals surface area contributed by atoms with E-state index in [1.165, 1.54) is 9.79 Å². The summed E-state index contributed by atoms with van der Waals surface area (Å²) in [6, 6.07) is 25.0. The Morgan fingerprint density at radius 1 is 0.837 bits per heavy atom. The number of fused-ring (bicyclic) bond motifs is 2. The van der Waals surface area contributed by atoms with E-state index in [2.05, 4.69) is 48.5 Å². The van der Waals surface area contributed by atoms with Crippen LogP contribution in [-0.4, -0.2) is 44.3 Å². The van der Waals surface area contributed by atoms with E-state index in [0.717, 1.165) is 28.6 Å². The molecule has 232 valence electrons. The third-order valence-corrected chi connectivity index (χ3v) is 11.8. The maximum absolute atomic E-state index is 11.8. The second-order valence-electron chi connectivity index (χ2n) is 11.3. The molecule has 3 aromatic carbocycles. The predicted molar refractivity (Wildman–Crippen MR) is 168 cm³/mol. The lowest BCUT2D eigenvalue weighted by Gasteiger charge is -2.37. The Bertz CT molecular complexity index is 1420. The molecular weight excluding hydrogens is 585 g/mol. The van der Waals surface area contributed by atoms with E-state index in [9.17, 15) is 17.8 Å². The fraction of sp³-hybridized carbons (Fsp3) is 0.441. The maximum atomic E-state index is 11.8. The predicted octanol–water partition coefficient (Wildman–Crippen LogP) is 6.91. The Balaban J connectivity index is 0.000000237. The first-order valence-corrected chi connectivity index (χ1v) is 17.6. The number of rotatable bonds is 11. The molecule has 0 amide bonds. The van der Waals surface area contributed by atoms with Crippen LogP contribution in [0, 0.1) is 16.7 Å². The van der Waals surface area contributed by atoms with E-state index in [-0.39, 0.29) is 28.0 Å². The first-order valence-electron chi connectivity index (χ1n) is 14.8. The largest absolute Gasteiger partial charge is 0.748 e. The SMILES string of the molecule is CC1(C)C2CCC1(CS(=O)(=O)[O-])C(=O)C2.CCOc1cc(OCC)c([S+](c2ccccc2)c2ccccc2)c(OCC)c1. The van der Waals surface area contributed by atoms with Crippen molar-refractivity contribution in [1.82, 2.24) is 0 Å². The van der Waals surface area contributed by atoms with Crippen LogP contribution in [0.4, 0.5) is 0 Å². The van der Waals surface area contributed by atoms with Crippen LogP contribution in [0.1, 0.15) is 53.9 Å². The number of ketones is 1. The molecule has 43 heavy (non-hydrogen) atoms. The summed E-state index contributed by atoms with van der Waals surface area (Å²) in [5, 5.41) is 0. The fourth-order valence-electron chi connectivity index (χ4n) is 6.42. The van der Waals surface area contributed by atoms with Crippen molar-refractivity contribution >= 4 is 26.8 Å². The van der Waals surface area contributed by atoms with Gasteiger partial charge in [0.05, 0.1) is 35.7 Å². The number of benzene rings is 3. The highest BCUT2D eigenvalue weighted by atomic mass is 32.2. The molecule has 0 aromatic heterocycles. The van der Waals surface area contributed by atoms with Crippen molar-refractivity contribution in [2.75, 3.05) is 25.6 Å². The molecule has 0 radical (unpaired) electrons. The van der Waals surface area contributed by atoms with Gasteiger partial charge in [0.15, 0.2) is 21.3 Å². The average Bonchev–Trinajstić information content (AvgIpc) is 3.30. The van der Waals surface area contributed by atoms with Crippen LogP contribution in [0.25, 0.3) is 0 Å². The van der Waals surface area contributed by atoms with Crippen LogP contribution in [0.5, 0.6) is 17.2 Å². The Morgan fingerprint density at radius 2 is 1.33 bits per heavy atom. The molecule has 9 heteroatoms. The molecule has 3 aromatic rings. The Hall–Kier alpha value is -3.01. The van der Waals surface area contributed by atoms with Gasteiger partial charge in [0.25, 0.3) is 0 Å². The second-order valence-corrected chi connectivity index (χ2v) is 14.7. The van der Waals surface area contributed by atoms with Crippen molar-refractivity contribution in [1.29, 1.82) is 0 Å². The lowest BCUT2D eigenvalue weighted by molar-refractivity contribution is -0.128. The van der Waals surface area contributed by atoms with Gasteiger partial charge >= 0.3 is 0 Å². The molecule has 2 saturated carbocycles. The van der Waals surface area contributed by atoms with Crippen molar-refractivity contribution in [2.24, 2.45) is 16.7 Å². The molecule has 2 aliphatic rings. The minimum atomic E-state index is -4.33. The first kappa shape index (κ1) is 32.9. The van der Waals surface area contributed by atoms with E-state index in [1.807, 2.05) is 58.9 Å². The number of Topliss-reactive ketones (excluding diaryl/α,β-unsaturated/α-hetero) is 1. The summed E-state index contributed by atoms with van der Waals surface area (Å²) in [6.07, 6.45) is 1.88. The maximum Gasteiger partial charge on any atom is 0.250 e. The molecule has 2 fully saturated rings. The first-order chi connectivity index (χ1) is 20.5. The minimum Gasteiger partial charge on any atom is -0.748 e. The highest BCUT2D eigenvalue weighted by molar-refractivity contribution is 7.97. The molecule has 0 heterocycles. The molecular formula is C34H42O7S2. The molecule has 0 spiro atoms. The topological polar surface area (TPSA) is 102 Å². The second kappa shape index (κ2) is 13.7. The summed E-state index contributed by atoms with van der Waals surface area (Å²) in [4.78, 5) is 15.4. The molecule has 2 unspecified atom stereocenters. The lowest BCUT2D eigenvalue weighted by Crippen LogP contribution is -2.42. The molecule has 5 rings (SSSR count). The summed E-state index contributed by atoms with van der Waals surface area (Å²) >= 11 is 0. The Labute approximate surface area is 259 Å². The highest BCUT2D eigenvalue weighted by Gasteiger charge is 2.64. The monoisotopic (exact) mass is 626 g/mol. The van der Waals surface area contributed by atoms with E-state index >= 15 is 0 Å². The molecule has 2 atom stereocenters. The number of carbonyl (C=O) groups excluding carboxylic acids is 1. The van der Waals surface area contributed by atoms with Gasteiger partial charge in [-0.05, 0) is 69.2 Å². The van der Waals surface area contributed by atoms with E-state index in [4.69, 9.17) is 14.2 Å². The average molecular weight is 627 g/mol. The van der Waals surface area contributed by atoms with E-state index in [1.54, 1.807) is 0 Å². The standard InChI is InChI=1S/C24H27O3S.C10H16O4S/c1-4-25-19-17-22(26-5-2)24(23(18-19)27-6-3)28(20-13-9-7-10-14-20)21-15-11-8-12-16-21;1-9(2)7-3-4-10(9,8(11)5-7)6-15(12,13)14/h7-18H,4-6H2,1-3H3;7H,3-6H2,1-2H3,(H,12,13,14)/q+1;/p-1. The van der Waals surface area contributed by atoms with E-state index in [0.29, 0.717) is 32.7 Å². The highest BCUT2D eigenvalue weighted by Crippen LogP contribution is 2.64.